The van der Waals surface area contributed by atoms with Gasteiger partial charge < -0.3 is 4.57 Å². The molecule has 0 amide bonds. The van der Waals surface area contributed by atoms with Crippen LogP contribution in [0, 0.1) is 0 Å². The van der Waals surface area contributed by atoms with Crippen molar-refractivity contribution in [3.05, 3.63) is 53.9 Å². The average molecular weight is 197 g/mol. The van der Waals surface area contributed by atoms with E-state index in [0.29, 0.717) is 0 Å². The van der Waals surface area contributed by atoms with Crippen molar-refractivity contribution >= 4 is 0 Å². The molecule has 76 valence electrons. The van der Waals surface area contributed by atoms with E-state index >= 15 is 0 Å². The van der Waals surface area contributed by atoms with Gasteiger partial charge in [0.25, 0.3) is 0 Å². The van der Waals surface area contributed by atoms with Crippen molar-refractivity contribution in [3.8, 4) is 5.69 Å². The summed E-state index contributed by atoms with van der Waals surface area (Å²) in [4.78, 5) is 0. The number of para-hydroxylation sites is 1. The van der Waals surface area contributed by atoms with Crippen molar-refractivity contribution in [2.75, 3.05) is 0 Å². The minimum atomic E-state index is 1.26. The Bertz CT molecular complexity index is 430. The second-order valence-corrected chi connectivity index (χ2v) is 4.26. The van der Waals surface area contributed by atoms with Crippen molar-refractivity contribution in [3.63, 3.8) is 0 Å². The van der Waals surface area contributed by atoms with Crippen LogP contribution in [-0.2, 0) is 12.8 Å². The lowest BCUT2D eigenvalue weighted by Gasteiger charge is -2.08. The quantitative estimate of drug-likeness (QED) is 0.660. The van der Waals surface area contributed by atoms with Crippen molar-refractivity contribution in [2.24, 2.45) is 0 Å². The van der Waals surface area contributed by atoms with E-state index in [1.54, 1.807) is 11.1 Å². The molecule has 0 bridgehead atoms. The van der Waals surface area contributed by atoms with Gasteiger partial charge in [0.1, 0.15) is 0 Å². The van der Waals surface area contributed by atoms with Crippen molar-refractivity contribution < 1.29 is 0 Å². The lowest BCUT2D eigenvalue weighted by atomic mass is 9.96. The third-order valence-corrected chi connectivity index (χ3v) is 3.20. The Kier molecular flexibility index (Phi) is 2.09. The summed E-state index contributed by atoms with van der Waals surface area (Å²) in [5.41, 5.74) is 4.36. The summed E-state index contributed by atoms with van der Waals surface area (Å²) >= 11 is 0. The van der Waals surface area contributed by atoms with Gasteiger partial charge in [-0.3, -0.25) is 0 Å². The van der Waals surface area contributed by atoms with Crippen LogP contribution >= 0.6 is 0 Å². The van der Waals surface area contributed by atoms with Crippen LogP contribution in [0.3, 0.4) is 0 Å². The van der Waals surface area contributed by atoms with Crippen LogP contribution < -0.4 is 0 Å². The highest BCUT2D eigenvalue weighted by Crippen LogP contribution is 2.23. The standard InChI is InChI=1S/C14H15N/c1-2-8-14(9-3-1)15-10-12-6-4-5-7-13(12)11-15/h1-3,8-11H,4-7H2. The normalized spacial score (nSPS) is 14.9. The van der Waals surface area contributed by atoms with Crippen LogP contribution in [0.2, 0.25) is 0 Å². The van der Waals surface area contributed by atoms with Gasteiger partial charge in [-0.1, -0.05) is 18.2 Å². The van der Waals surface area contributed by atoms with Gasteiger partial charge in [0, 0.05) is 18.1 Å². The van der Waals surface area contributed by atoms with Crippen LogP contribution in [0.25, 0.3) is 5.69 Å². The minimum absolute atomic E-state index is 1.26. The monoisotopic (exact) mass is 197 g/mol. The Morgan fingerprint density at radius 3 is 2.00 bits per heavy atom. The van der Waals surface area contributed by atoms with E-state index in [1.165, 1.54) is 31.4 Å². The predicted molar refractivity (Wildman–Crippen MR) is 62.4 cm³/mol. The predicted octanol–water partition coefficient (Wildman–Crippen LogP) is 3.36. The van der Waals surface area contributed by atoms with Crippen LogP contribution in [0.5, 0.6) is 0 Å². The molecule has 0 fully saturated rings. The largest absolute Gasteiger partial charge is 0.323 e. The second-order valence-electron chi connectivity index (χ2n) is 4.26. The first-order valence-electron chi connectivity index (χ1n) is 5.69. The molecule has 1 aromatic heterocycles. The molecule has 0 radical (unpaired) electrons. The molecule has 0 atom stereocenters. The Balaban J connectivity index is 2.03. The Morgan fingerprint density at radius 1 is 0.800 bits per heavy atom. The van der Waals surface area contributed by atoms with E-state index in [1.807, 2.05) is 0 Å². The Labute approximate surface area is 90.4 Å². The maximum atomic E-state index is 2.30. The highest BCUT2D eigenvalue weighted by molar-refractivity contribution is 5.37. The summed E-state index contributed by atoms with van der Waals surface area (Å²) in [6, 6.07) is 10.6. The number of aromatic nitrogens is 1. The summed E-state index contributed by atoms with van der Waals surface area (Å²) in [6.07, 6.45) is 9.82. The van der Waals surface area contributed by atoms with Gasteiger partial charge >= 0.3 is 0 Å². The van der Waals surface area contributed by atoms with Gasteiger partial charge in [-0.25, -0.2) is 0 Å². The molecule has 1 heterocycles. The number of hydrogen-bond acceptors (Lipinski definition) is 0. The van der Waals surface area contributed by atoms with Crippen LogP contribution in [0.15, 0.2) is 42.7 Å². The molecule has 0 spiro atoms. The number of hydrogen-bond donors (Lipinski definition) is 0. The highest BCUT2D eigenvalue weighted by atomic mass is 14.9. The highest BCUT2D eigenvalue weighted by Gasteiger charge is 2.11. The zero-order valence-electron chi connectivity index (χ0n) is 8.82. The van der Waals surface area contributed by atoms with Crippen molar-refractivity contribution in [1.82, 2.24) is 4.57 Å². The van der Waals surface area contributed by atoms with Gasteiger partial charge in [-0.2, -0.15) is 0 Å². The number of aryl methyl sites for hydroxylation is 2. The fraction of sp³-hybridized carbons (Fsp3) is 0.286. The lowest BCUT2D eigenvalue weighted by Crippen LogP contribution is -1.97. The molecule has 1 aliphatic carbocycles. The van der Waals surface area contributed by atoms with Gasteiger partial charge in [-0.15, -0.1) is 0 Å². The van der Waals surface area contributed by atoms with Gasteiger partial charge in [-0.05, 0) is 48.9 Å². The minimum Gasteiger partial charge on any atom is -0.323 e. The zero-order valence-corrected chi connectivity index (χ0v) is 8.82. The van der Waals surface area contributed by atoms with Gasteiger partial charge in [0.15, 0.2) is 0 Å². The third kappa shape index (κ3) is 1.58. The molecule has 1 nitrogen and oxygen atoms in total. The van der Waals surface area contributed by atoms with E-state index in [0.717, 1.165) is 0 Å². The molecule has 3 rings (SSSR count). The molecular weight excluding hydrogens is 182 g/mol. The van der Waals surface area contributed by atoms with Crippen molar-refractivity contribution in [1.29, 1.82) is 0 Å². The number of rotatable bonds is 1. The topological polar surface area (TPSA) is 4.93 Å². The number of benzene rings is 1. The summed E-state index contributed by atoms with van der Waals surface area (Å²) in [6.45, 7) is 0. The van der Waals surface area contributed by atoms with Crippen LogP contribution in [0.4, 0.5) is 0 Å². The second kappa shape index (κ2) is 3.58. The zero-order chi connectivity index (χ0) is 10.1. The van der Waals surface area contributed by atoms with E-state index in [4.69, 9.17) is 0 Å². The lowest BCUT2D eigenvalue weighted by molar-refractivity contribution is 0.690. The summed E-state index contributed by atoms with van der Waals surface area (Å²) < 4.78 is 2.26. The van der Waals surface area contributed by atoms with Crippen molar-refractivity contribution in [2.45, 2.75) is 25.7 Å². The number of nitrogens with zero attached hydrogens (tertiary/aromatic N) is 1. The first-order chi connectivity index (χ1) is 7.43. The molecule has 1 heteroatoms. The molecule has 2 aromatic rings. The van der Waals surface area contributed by atoms with E-state index in [-0.39, 0.29) is 0 Å². The molecule has 15 heavy (non-hydrogen) atoms. The van der Waals surface area contributed by atoms with E-state index < -0.39 is 0 Å². The number of fused-ring (bicyclic) bond motifs is 1. The molecule has 0 unspecified atom stereocenters. The molecular formula is C14H15N. The van der Waals surface area contributed by atoms with Gasteiger partial charge in [0.05, 0.1) is 0 Å². The maximum Gasteiger partial charge on any atom is 0.0449 e. The van der Waals surface area contributed by atoms with Gasteiger partial charge in [0.2, 0.25) is 0 Å². The molecule has 1 aliphatic rings. The average Bonchev–Trinajstić information content (AvgIpc) is 2.74. The Hall–Kier alpha value is -1.50. The maximum absolute atomic E-state index is 2.30. The molecule has 0 aliphatic heterocycles. The van der Waals surface area contributed by atoms with Crippen LogP contribution in [0.1, 0.15) is 24.0 Å². The van der Waals surface area contributed by atoms with E-state index in [9.17, 15) is 0 Å². The fourth-order valence-electron chi connectivity index (χ4n) is 2.37. The van der Waals surface area contributed by atoms with Crippen LogP contribution in [-0.4, -0.2) is 4.57 Å². The SMILES string of the molecule is c1ccc(-n2cc3c(c2)CCCC3)cc1. The molecule has 0 N–H and O–H groups in total. The smallest absolute Gasteiger partial charge is 0.0449 e. The first kappa shape index (κ1) is 8.78. The van der Waals surface area contributed by atoms with E-state index in [2.05, 4.69) is 47.3 Å². The summed E-state index contributed by atoms with van der Waals surface area (Å²) in [5, 5.41) is 0. The molecule has 1 aromatic carbocycles. The molecule has 0 saturated heterocycles. The Morgan fingerprint density at radius 2 is 1.40 bits per heavy atom. The third-order valence-electron chi connectivity index (χ3n) is 3.20. The summed E-state index contributed by atoms with van der Waals surface area (Å²) in [5.74, 6) is 0. The molecule has 0 saturated carbocycles. The summed E-state index contributed by atoms with van der Waals surface area (Å²) in [7, 11) is 0. The fourth-order valence-corrected chi connectivity index (χ4v) is 2.37. The first-order valence-corrected chi connectivity index (χ1v) is 5.69.